The van der Waals surface area contributed by atoms with E-state index in [4.69, 9.17) is 14.9 Å². The van der Waals surface area contributed by atoms with Crippen molar-refractivity contribution in [3.8, 4) is 5.75 Å². The molecule has 0 aliphatic rings. The molecule has 1 unspecified atom stereocenters. The highest BCUT2D eigenvalue weighted by atomic mass is 19.1. The number of amides is 2. The Morgan fingerprint density at radius 2 is 2.17 bits per heavy atom. The summed E-state index contributed by atoms with van der Waals surface area (Å²) in [7, 11) is 1.60. The van der Waals surface area contributed by atoms with E-state index in [9.17, 15) is 19.1 Å². The standard InChI is InChI=1S/C19H21FN4O5/c1-10-16(17(26)23-19(2,9-25)18(21)27)12-6-11(4-5-15(12)29-10)28-8-14-13(20)7-22-24(14)3/h4-7,25H,8-9H2,1-3H3,(H2,21,27)(H,23,26). The lowest BCUT2D eigenvalue weighted by Crippen LogP contribution is -2.57. The third kappa shape index (κ3) is 3.79. The zero-order valence-corrected chi connectivity index (χ0v) is 16.2. The molecule has 0 aliphatic carbocycles. The van der Waals surface area contributed by atoms with Crippen molar-refractivity contribution in [2.45, 2.75) is 26.0 Å². The van der Waals surface area contributed by atoms with Gasteiger partial charge in [-0.3, -0.25) is 14.3 Å². The molecule has 0 spiro atoms. The predicted octanol–water partition coefficient (Wildman–Crippen LogP) is 1.16. The van der Waals surface area contributed by atoms with Crippen molar-refractivity contribution in [2.24, 2.45) is 12.8 Å². The van der Waals surface area contributed by atoms with Crippen LogP contribution in [0.3, 0.4) is 0 Å². The number of nitrogens with one attached hydrogen (secondary N) is 1. The fourth-order valence-corrected chi connectivity index (χ4v) is 2.81. The molecule has 2 heterocycles. The van der Waals surface area contributed by atoms with Gasteiger partial charge in [0.25, 0.3) is 5.91 Å². The van der Waals surface area contributed by atoms with Crippen molar-refractivity contribution in [3.63, 3.8) is 0 Å². The highest BCUT2D eigenvalue weighted by Crippen LogP contribution is 2.30. The molecule has 9 nitrogen and oxygen atoms in total. The normalized spacial score (nSPS) is 13.3. The number of fused-ring (bicyclic) bond motifs is 1. The average Bonchev–Trinajstić information content (AvgIpc) is 3.17. The van der Waals surface area contributed by atoms with E-state index in [2.05, 4.69) is 10.4 Å². The molecule has 4 N–H and O–H groups in total. The summed E-state index contributed by atoms with van der Waals surface area (Å²) in [6, 6.07) is 4.82. The second-order valence-corrected chi connectivity index (χ2v) is 6.85. The van der Waals surface area contributed by atoms with Crippen LogP contribution in [0.25, 0.3) is 11.0 Å². The number of rotatable bonds is 7. The van der Waals surface area contributed by atoms with E-state index in [1.54, 1.807) is 32.2 Å². The van der Waals surface area contributed by atoms with Gasteiger partial charge in [0, 0.05) is 12.4 Å². The van der Waals surface area contributed by atoms with Crippen LogP contribution in [-0.4, -0.2) is 38.8 Å². The van der Waals surface area contributed by atoms with Crippen LogP contribution in [0.4, 0.5) is 4.39 Å². The van der Waals surface area contributed by atoms with Crippen molar-refractivity contribution < 1.29 is 28.2 Å². The average molecular weight is 404 g/mol. The number of nitrogens with two attached hydrogens (primary N) is 1. The molecule has 3 rings (SSSR count). The van der Waals surface area contributed by atoms with Crippen LogP contribution in [0.1, 0.15) is 28.7 Å². The van der Waals surface area contributed by atoms with Crippen LogP contribution in [-0.2, 0) is 18.4 Å². The Labute approximate surface area is 165 Å². The summed E-state index contributed by atoms with van der Waals surface area (Å²) in [4.78, 5) is 24.4. The number of nitrogens with zero attached hydrogens (tertiary/aromatic N) is 2. The molecule has 0 saturated heterocycles. The molecule has 0 radical (unpaired) electrons. The lowest BCUT2D eigenvalue weighted by Gasteiger charge is -2.24. The van der Waals surface area contributed by atoms with Gasteiger partial charge in [-0.15, -0.1) is 0 Å². The van der Waals surface area contributed by atoms with Gasteiger partial charge < -0.3 is 25.3 Å². The van der Waals surface area contributed by atoms with Crippen LogP contribution in [0.5, 0.6) is 5.75 Å². The summed E-state index contributed by atoms with van der Waals surface area (Å²) >= 11 is 0. The molecule has 0 bridgehead atoms. The Balaban J connectivity index is 1.90. The van der Waals surface area contributed by atoms with Gasteiger partial charge in [0.15, 0.2) is 5.82 Å². The Bertz CT molecular complexity index is 1070. The van der Waals surface area contributed by atoms with Crippen LogP contribution in [0.2, 0.25) is 0 Å². The zero-order valence-electron chi connectivity index (χ0n) is 16.2. The van der Waals surface area contributed by atoms with Crippen LogP contribution >= 0.6 is 0 Å². The van der Waals surface area contributed by atoms with Gasteiger partial charge in [0.05, 0.1) is 18.4 Å². The number of benzene rings is 1. The molecular formula is C19H21FN4O5. The minimum absolute atomic E-state index is 0.0591. The van der Waals surface area contributed by atoms with Crippen LogP contribution in [0.15, 0.2) is 28.8 Å². The van der Waals surface area contributed by atoms with Crippen LogP contribution < -0.4 is 15.8 Å². The third-order valence-electron chi connectivity index (χ3n) is 4.70. The first-order chi connectivity index (χ1) is 13.7. The van der Waals surface area contributed by atoms with E-state index in [1.165, 1.54) is 11.6 Å². The Hall–Kier alpha value is -3.40. The summed E-state index contributed by atoms with van der Waals surface area (Å²) in [5.41, 5.74) is 4.52. The quantitative estimate of drug-likeness (QED) is 0.541. The topological polar surface area (TPSA) is 133 Å². The lowest BCUT2D eigenvalue weighted by atomic mass is 10.0. The highest BCUT2D eigenvalue weighted by molar-refractivity contribution is 6.09. The number of primary amides is 1. The third-order valence-corrected chi connectivity index (χ3v) is 4.70. The molecule has 1 aromatic carbocycles. The summed E-state index contributed by atoms with van der Waals surface area (Å²) < 4.78 is 26.3. The fraction of sp³-hybridized carbons (Fsp3) is 0.316. The second-order valence-electron chi connectivity index (χ2n) is 6.85. The first-order valence-corrected chi connectivity index (χ1v) is 8.72. The number of carbonyl (C=O) groups is 2. The largest absolute Gasteiger partial charge is 0.487 e. The van der Waals surface area contributed by atoms with Crippen molar-refractivity contribution in [1.82, 2.24) is 15.1 Å². The molecule has 0 aliphatic heterocycles. The van der Waals surface area contributed by atoms with Crippen LogP contribution in [0, 0.1) is 12.7 Å². The molecule has 3 aromatic rings. The summed E-state index contributed by atoms with van der Waals surface area (Å²) in [6.07, 6.45) is 1.10. The van der Waals surface area contributed by atoms with E-state index < -0.39 is 29.8 Å². The number of ether oxygens (including phenoxy) is 1. The monoisotopic (exact) mass is 404 g/mol. The van der Waals surface area contributed by atoms with E-state index >= 15 is 0 Å². The second kappa shape index (κ2) is 7.55. The number of halogens is 1. The summed E-state index contributed by atoms with van der Waals surface area (Å²) in [5, 5.41) is 16.1. The minimum atomic E-state index is -1.63. The number of hydrogen-bond acceptors (Lipinski definition) is 6. The highest BCUT2D eigenvalue weighted by Gasteiger charge is 2.34. The molecule has 0 fully saturated rings. The number of aliphatic hydroxyl groups excluding tert-OH is 1. The van der Waals surface area contributed by atoms with Crippen molar-refractivity contribution >= 4 is 22.8 Å². The molecule has 154 valence electrons. The Morgan fingerprint density at radius 3 is 2.76 bits per heavy atom. The van der Waals surface area contributed by atoms with Crippen molar-refractivity contribution in [2.75, 3.05) is 6.61 Å². The molecular weight excluding hydrogens is 383 g/mol. The van der Waals surface area contributed by atoms with Gasteiger partial charge in [0.1, 0.15) is 34.9 Å². The molecule has 29 heavy (non-hydrogen) atoms. The molecule has 2 aromatic heterocycles. The Morgan fingerprint density at radius 1 is 1.45 bits per heavy atom. The number of carbonyl (C=O) groups excluding carboxylic acids is 2. The van der Waals surface area contributed by atoms with Gasteiger partial charge in [-0.25, -0.2) is 4.39 Å². The summed E-state index contributed by atoms with van der Waals surface area (Å²) in [6.45, 7) is 2.20. The number of hydrogen-bond donors (Lipinski definition) is 3. The maximum atomic E-state index is 13.7. The lowest BCUT2D eigenvalue weighted by molar-refractivity contribution is -0.124. The molecule has 2 amide bonds. The SMILES string of the molecule is Cc1oc2ccc(OCc3c(F)cnn3C)cc2c1C(=O)NC(C)(CO)C(N)=O. The fourth-order valence-electron chi connectivity index (χ4n) is 2.81. The predicted molar refractivity (Wildman–Crippen MR) is 101 cm³/mol. The first-order valence-electron chi connectivity index (χ1n) is 8.72. The van der Waals surface area contributed by atoms with Gasteiger partial charge in [-0.05, 0) is 32.0 Å². The van der Waals surface area contributed by atoms with Crippen molar-refractivity contribution in [1.29, 1.82) is 0 Å². The number of aryl methyl sites for hydroxylation is 2. The molecule has 10 heteroatoms. The van der Waals surface area contributed by atoms with Gasteiger partial charge in [-0.2, -0.15) is 5.10 Å². The number of aromatic nitrogens is 2. The number of aliphatic hydroxyl groups is 1. The smallest absolute Gasteiger partial charge is 0.256 e. The van der Waals surface area contributed by atoms with Crippen molar-refractivity contribution in [3.05, 3.63) is 47.2 Å². The maximum absolute atomic E-state index is 13.7. The van der Waals surface area contributed by atoms with E-state index in [0.717, 1.165) is 6.20 Å². The van der Waals surface area contributed by atoms with Gasteiger partial charge in [-0.1, -0.05) is 0 Å². The van der Waals surface area contributed by atoms with E-state index in [0.29, 0.717) is 22.5 Å². The van der Waals surface area contributed by atoms with Gasteiger partial charge in [0.2, 0.25) is 5.91 Å². The first kappa shape index (κ1) is 20.3. The minimum Gasteiger partial charge on any atom is -0.487 e. The van der Waals surface area contributed by atoms with E-state index in [1.807, 2.05) is 0 Å². The number of furan rings is 1. The Kier molecular flexibility index (Phi) is 5.29. The molecule has 0 saturated carbocycles. The zero-order chi connectivity index (χ0) is 21.3. The summed E-state index contributed by atoms with van der Waals surface area (Å²) in [5.74, 6) is -1.29. The molecule has 1 atom stereocenters. The van der Waals surface area contributed by atoms with E-state index in [-0.39, 0.29) is 17.9 Å². The maximum Gasteiger partial charge on any atom is 0.256 e. The van der Waals surface area contributed by atoms with Gasteiger partial charge >= 0.3 is 0 Å².